The van der Waals surface area contributed by atoms with Gasteiger partial charge in [0.1, 0.15) is 11.9 Å². The summed E-state index contributed by atoms with van der Waals surface area (Å²) in [6.45, 7) is 3.39. The number of benzene rings is 1. The van der Waals surface area contributed by atoms with Crippen molar-refractivity contribution in [2.45, 2.75) is 19.9 Å². The molecule has 1 aliphatic rings. The van der Waals surface area contributed by atoms with Crippen LogP contribution in [0.25, 0.3) is 5.69 Å². The molecular weight excluding hydrogens is 389 g/mol. The highest BCUT2D eigenvalue weighted by Crippen LogP contribution is 2.13. The highest BCUT2D eigenvalue weighted by Gasteiger charge is 2.29. The van der Waals surface area contributed by atoms with Crippen LogP contribution in [-0.4, -0.2) is 70.8 Å². The first-order chi connectivity index (χ1) is 13.2. The Morgan fingerprint density at radius 2 is 1.79 bits per heavy atom. The first kappa shape index (κ1) is 19.9. The normalized spacial score (nSPS) is 17.2. The molecule has 0 aliphatic carbocycles. The predicted molar refractivity (Wildman–Crippen MR) is 98.2 cm³/mol. The highest BCUT2D eigenvalue weighted by molar-refractivity contribution is 7.91. The minimum Gasteiger partial charge on any atom is -0.339 e. The number of carbonyl (C=O) groups is 2. The third-order valence-electron chi connectivity index (χ3n) is 4.55. The quantitative estimate of drug-likeness (QED) is 0.766. The van der Waals surface area contributed by atoms with Crippen molar-refractivity contribution in [2.75, 3.05) is 24.6 Å². The first-order valence-electron chi connectivity index (χ1n) is 8.66. The molecule has 9 nitrogen and oxygen atoms in total. The average Bonchev–Trinajstić information content (AvgIpc) is 3.03. The number of amides is 2. The molecule has 1 atom stereocenters. The van der Waals surface area contributed by atoms with E-state index >= 15 is 0 Å². The Morgan fingerprint density at radius 1 is 1.18 bits per heavy atom. The van der Waals surface area contributed by atoms with Gasteiger partial charge in [-0.3, -0.25) is 9.59 Å². The van der Waals surface area contributed by atoms with E-state index in [1.54, 1.807) is 6.92 Å². The fourth-order valence-corrected chi connectivity index (χ4v) is 4.10. The molecule has 11 heteroatoms. The number of aromatic nitrogens is 3. The highest BCUT2D eigenvalue weighted by atomic mass is 32.2. The molecule has 0 radical (unpaired) electrons. The summed E-state index contributed by atoms with van der Waals surface area (Å²) < 4.78 is 37.4. The molecule has 2 aromatic rings. The molecule has 0 bridgehead atoms. The Kier molecular flexibility index (Phi) is 5.45. The molecule has 1 N–H and O–H groups in total. The molecule has 0 saturated carbocycles. The van der Waals surface area contributed by atoms with Gasteiger partial charge in [0.2, 0.25) is 5.91 Å². The number of nitrogens with one attached hydrogen (secondary N) is 1. The second-order valence-electron chi connectivity index (χ2n) is 6.58. The molecule has 1 unspecified atom stereocenters. The molecule has 28 heavy (non-hydrogen) atoms. The van der Waals surface area contributed by atoms with Gasteiger partial charge in [0.05, 0.1) is 22.9 Å². The van der Waals surface area contributed by atoms with Crippen LogP contribution in [0.4, 0.5) is 4.39 Å². The lowest BCUT2D eigenvalue weighted by molar-refractivity contribution is -0.132. The number of hydrogen-bond acceptors (Lipinski definition) is 6. The van der Waals surface area contributed by atoms with E-state index < -0.39 is 27.6 Å². The molecule has 150 valence electrons. The van der Waals surface area contributed by atoms with Crippen molar-refractivity contribution in [3.63, 3.8) is 0 Å². The van der Waals surface area contributed by atoms with Crippen molar-refractivity contribution < 1.29 is 22.4 Å². The minimum absolute atomic E-state index is 0.0465. The van der Waals surface area contributed by atoms with E-state index in [4.69, 9.17) is 0 Å². The van der Waals surface area contributed by atoms with Gasteiger partial charge in [-0.05, 0) is 38.1 Å². The van der Waals surface area contributed by atoms with Crippen molar-refractivity contribution >= 4 is 21.7 Å². The summed E-state index contributed by atoms with van der Waals surface area (Å²) in [5.41, 5.74) is 1.03. The summed E-state index contributed by atoms with van der Waals surface area (Å²) in [6, 6.07) is 4.72. The van der Waals surface area contributed by atoms with E-state index in [0.29, 0.717) is 11.4 Å². The fraction of sp³-hybridized carbons (Fsp3) is 0.412. The summed E-state index contributed by atoms with van der Waals surface area (Å²) in [4.78, 5) is 26.4. The van der Waals surface area contributed by atoms with E-state index in [2.05, 4.69) is 15.6 Å². The topological polar surface area (TPSA) is 114 Å². The summed E-state index contributed by atoms with van der Waals surface area (Å²) in [7, 11) is -3.10. The van der Waals surface area contributed by atoms with Gasteiger partial charge in [-0.25, -0.2) is 17.5 Å². The van der Waals surface area contributed by atoms with Crippen molar-refractivity contribution in [1.82, 2.24) is 25.2 Å². The third kappa shape index (κ3) is 4.19. The molecule has 1 aromatic heterocycles. The second-order valence-corrected chi connectivity index (χ2v) is 8.89. The van der Waals surface area contributed by atoms with Gasteiger partial charge in [-0.15, -0.1) is 5.10 Å². The maximum atomic E-state index is 13.1. The summed E-state index contributed by atoms with van der Waals surface area (Å²) in [5, 5.41) is 10.4. The zero-order valence-corrected chi connectivity index (χ0v) is 16.2. The molecule has 1 saturated heterocycles. The van der Waals surface area contributed by atoms with Crippen molar-refractivity contribution in [2.24, 2.45) is 0 Å². The van der Waals surface area contributed by atoms with Gasteiger partial charge in [0.25, 0.3) is 5.91 Å². The molecule has 2 heterocycles. The zero-order chi connectivity index (χ0) is 20.5. The van der Waals surface area contributed by atoms with Crippen molar-refractivity contribution in [3.8, 4) is 5.69 Å². The number of sulfone groups is 1. The van der Waals surface area contributed by atoms with Crippen LogP contribution >= 0.6 is 0 Å². The van der Waals surface area contributed by atoms with Crippen LogP contribution in [-0.2, 0) is 14.6 Å². The van der Waals surface area contributed by atoms with Crippen LogP contribution < -0.4 is 5.32 Å². The summed E-state index contributed by atoms with van der Waals surface area (Å²) in [6.07, 6.45) is 0. The smallest absolute Gasteiger partial charge is 0.274 e. The maximum absolute atomic E-state index is 13.1. The Bertz CT molecular complexity index is 989. The lowest BCUT2D eigenvalue weighted by Crippen LogP contribution is -2.51. The summed E-state index contributed by atoms with van der Waals surface area (Å²) in [5.74, 6) is -1.48. The van der Waals surface area contributed by atoms with Crippen LogP contribution in [0.3, 0.4) is 0 Å². The Balaban J connectivity index is 1.68. The molecular formula is C17H20FN5O4S. The van der Waals surface area contributed by atoms with Crippen LogP contribution in [0.15, 0.2) is 24.3 Å². The molecule has 2 amide bonds. The van der Waals surface area contributed by atoms with Gasteiger partial charge >= 0.3 is 0 Å². The van der Waals surface area contributed by atoms with E-state index in [1.807, 2.05) is 0 Å². The van der Waals surface area contributed by atoms with Crippen LogP contribution in [0.1, 0.15) is 23.1 Å². The van der Waals surface area contributed by atoms with E-state index in [-0.39, 0.29) is 36.2 Å². The SMILES string of the molecule is Cc1c(C(=O)NC(C)C(=O)N2CCS(=O)(=O)CC2)nnn1-c1ccc(F)cc1. The lowest BCUT2D eigenvalue weighted by atomic mass is 10.2. The van der Waals surface area contributed by atoms with Gasteiger partial charge in [0.15, 0.2) is 15.5 Å². The number of hydrogen-bond donors (Lipinski definition) is 1. The van der Waals surface area contributed by atoms with Crippen LogP contribution in [0.2, 0.25) is 0 Å². The van der Waals surface area contributed by atoms with Gasteiger partial charge in [-0.2, -0.15) is 0 Å². The Morgan fingerprint density at radius 3 is 2.39 bits per heavy atom. The lowest BCUT2D eigenvalue weighted by Gasteiger charge is -2.29. The number of rotatable bonds is 4. The van der Waals surface area contributed by atoms with Gasteiger partial charge in [0, 0.05) is 13.1 Å². The van der Waals surface area contributed by atoms with E-state index in [1.165, 1.54) is 40.8 Å². The van der Waals surface area contributed by atoms with E-state index in [0.717, 1.165) is 0 Å². The zero-order valence-electron chi connectivity index (χ0n) is 15.4. The minimum atomic E-state index is -3.10. The largest absolute Gasteiger partial charge is 0.339 e. The predicted octanol–water partition coefficient (Wildman–Crippen LogP) is 0.0901. The van der Waals surface area contributed by atoms with Gasteiger partial charge in [-0.1, -0.05) is 5.21 Å². The Hall–Kier alpha value is -2.82. The van der Waals surface area contributed by atoms with Crippen LogP contribution in [0, 0.1) is 12.7 Å². The fourth-order valence-electron chi connectivity index (χ4n) is 2.90. The maximum Gasteiger partial charge on any atom is 0.274 e. The van der Waals surface area contributed by atoms with Crippen molar-refractivity contribution in [3.05, 3.63) is 41.5 Å². The molecule has 1 aromatic carbocycles. The standard InChI is InChI=1S/C17H20FN5O4S/c1-11(17(25)22-7-9-28(26,27)10-8-22)19-16(24)15-12(2)23(21-20-15)14-5-3-13(18)4-6-14/h3-6,11H,7-10H2,1-2H3,(H,19,24). The Labute approximate surface area is 161 Å². The molecule has 1 aliphatic heterocycles. The number of halogens is 1. The number of nitrogens with zero attached hydrogens (tertiary/aromatic N) is 4. The average molecular weight is 409 g/mol. The second kappa shape index (κ2) is 7.66. The molecule has 0 spiro atoms. The first-order valence-corrected chi connectivity index (χ1v) is 10.5. The van der Waals surface area contributed by atoms with E-state index in [9.17, 15) is 22.4 Å². The molecule has 1 fully saturated rings. The number of carbonyl (C=O) groups excluding carboxylic acids is 2. The molecule has 3 rings (SSSR count). The summed E-state index contributed by atoms with van der Waals surface area (Å²) >= 11 is 0. The third-order valence-corrected chi connectivity index (χ3v) is 6.16. The monoisotopic (exact) mass is 409 g/mol. The van der Waals surface area contributed by atoms with Crippen LogP contribution in [0.5, 0.6) is 0 Å². The van der Waals surface area contributed by atoms with Gasteiger partial charge < -0.3 is 10.2 Å². The van der Waals surface area contributed by atoms with Crippen molar-refractivity contribution in [1.29, 1.82) is 0 Å².